The number of aromatic nitrogens is 2. The Morgan fingerprint density at radius 1 is 1.03 bits per heavy atom. The van der Waals surface area contributed by atoms with Crippen LogP contribution in [0.15, 0.2) is 53.9 Å². The number of rotatable bonds is 5. The molecule has 0 spiro atoms. The fourth-order valence-corrected chi connectivity index (χ4v) is 3.58. The number of nitrogens with one attached hydrogen (secondary N) is 1. The first-order chi connectivity index (χ1) is 14.2. The van der Waals surface area contributed by atoms with Gasteiger partial charge in [-0.2, -0.15) is 0 Å². The van der Waals surface area contributed by atoms with E-state index >= 15 is 0 Å². The van der Waals surface area contributed by atoms with Gasteiger partial charge >= 0.3 is 0 Å². The van der Waals surface area contributed by atoms with Crippen LogP contribution in [0.1, 0.15) is 54.0 Å². The molecule has 0 aliphatic rings. The zero-order valence-corrected chi connectivity index (χ0v) is 18.7. The molecule has 30 heavy (non-hydrogen) atoms. The first-order valence-corrected chi connectivity index (χ1v) is 10.6. The largest absolute Gasteiger partial charge is 0.349 e. The van der Waals surface area contributed by atoms with Crippen molar-refractivity contribution in [3.05, 3.63) is 76.3 Å². The maximum Gasteiger partial charge on any atom is 0.280 e. The van der Waals surface area contributed by atoms with Crippen molar-refractivity contribution < 1.29 is 9.59 Å². The quantitative estimate of drug-likeness (QED) is 0.659. The van der Waals surface area contributed by atoms with Gasteiger partial charge in [-0.25, -0.2) is 0 Å². The maximum absolute atomic E-state index is 13.5. The minimum atomic E-state index is -0.860. The molecule has 2 aromatic carbocycles. The number of carbonyl (C=O) groups is 2. The van der Waals surface area contributed by atoms with Gasteiger partial charge in [0.1, 0.15) is 6.04 Å². The Labute approximate surface area is 181 Å². The first-order valence-electron chi connectivity index (χ1n) is 9.71. The molecule has 0 saturated heterocycles. The molecule has 156 valence electrons. The molecule has 0 saturated carbocycles. The summed E-state index contributed by atoms with van der Waals surface area (Å²) < 4.78 is 3.83. The molecule has 1 atom stereocenters. The smallest absolute Gasteiger partial charge is 0.280 e. The van der Waals surface area contributed by atoms with Crippen molar-refractivity contribution in [2.75, 3.05) is 4.90 Å². The first kappa shape index (κ1) is 21.6. The summed E-state index contributed by atoms with van der Waals surface area (Å²) in [6.45, 7) is 9.69. The van der Waals surface area contributed by atoms with E-state index in [0.29, 0.717) is 5.69 Å². The van der Waals surface area contributed by atoms with E-state index in [1.54, 1.807) is 5.38 Å². The average molecular weight is 423 g/mol. The van der Waals surface area contributed by atoms with Gasteiger partial charge in [0.05, 0.1) is 0 Å². The van der Waals surface area contributed by atoms with Gasteiger partial charge in [0.2, 0.25) is 5.91 Å². The van der Waals surface area contributed by atoms with Gasteiger partial charge < -0.3 is 5.32 Å². The summed E-state index contributed by atoms with van der Waals surface area (Å²) in [5, 5.41) is 8.58. The third kappa shape index (κ3) is 5.10. The summed E-state index contributed by atoms with van der Waals surface area (Å²) in [4.78, 5) is 28.5. The molecule has 0 bridgehead atoms. The van der Waals surface area contributed by atoms with Crippen molar-refractivity contribution in [2.45, 2.75) is 46.2 Å². The van der Waals surface area contributed by atoms with Crippen LogP contribution >= 0.6 is 11.5 Å². The number of anilines is 1. The second kappa shape index (κ2) is 8.75. The molecule has 1 aromatic heterocycles. The Bertz CT molecular complexity index is 1020. The summed E-state index contributed by atoms with van der Waals surface area (Å²) in [7, 11) is 0. The number of carbonyl (C=O) groups excluding carboxylic acids is 2. The molecule has 3 rings (SSSR count). The third-order valence-corrected chi connectivity index (χ3v) is 4.98. The zero-order valence-electron chi connectivity index (χ0n) is 17.8. The summed E-state index contributed by atoms with van der Waals surface area (Å²) in [6, 6.07) is 14.3. The van der Waals surface area contributed by atoms with E-state index in [1.807, 2.05) is 83.1 Å². The molecule has 0 aliphatic heterocycles. The third-order valence-electron chi connectivity index (χ3n) is 4.48. The van der Waals surface area contributed by atoms with Crippen molar-refractivity contribution in [3.8, 4) is 0 Å². The average Bonchev–Trinajstić information content (AvgIpc) is 3.20. The topological polar surface area (TPSA) is 75.2 Å². The van der Waals surface area contributed by atoms with Crippen molar-refractivity contribution in [1.29, 1.82) is 0 Å². The maximum atomic E-state index is 13.5. The summed E-state index contributed by atoms with van der Waals surface area (Å²) >= 11 is 1.10. The highest BCUT2D eigenvalue weighted by molar-refractivity contribution is 7.03. The zero-order chi connectivity index (χ0) is 21.9. The van der Waals surface area contributed by atoms with Gasteiger partial charge in [0.25, 0.3) is 5.91 Å². The van der Waals surface area contributed by atoms with Crippen LogP contribution in [0.5, 0.6) is 0 Å². The minimum Gasteiger partial charge on any atom is -0.349 e. The molecule has 0 aliphatic carbocycles. The molecular weight excluding hydrogens is 396 g/mol. The van der Waals surface area contributed by atoms with Gasteiger partial charge in [-0.05, 0) is 69.4 Å². The normalized spacial score (nSPS) is 12.3. The van der Waals surface area contributed by atoms with Crippen LogP contribution in [0.4, 0.5) is 5.69 Å². The predicted molar refractivity (Wildman–Crippen MR) is 120 cm³/mol. The standard InChI is InChI=1S/C23H26N4O2S/c1-15-9-11-17(12-10-15)20(21(28)24-23(3,4)5)27(18-8-6-7-16(2)13-18)22(29)19-14-30-26-25-19/h6-14,20H,1-5H3,(H,24,28). The van der Waals surface area contributed by atoms with Crippen LogP contribution in [0.25, 0.3) is 0 Å². The van der Waals surface area contributed by atoms with Gasteiger partial charge in [0, 0.05) is 16.6 Å². The molecule has 1 heterocycles. The number of benzene rings is 2. The van der Waals surface area contributed by atoms with Crippen LogP contribution in [0.3, 0.4) is 0 Å². The lowest BCUT2D eigenvalue weighted by Gasteiger charge is -2.33. The molecule has 2 amide bonds. The number of hydrogen-bond acceptors (Lipinski definition) is 5. The van der Waals surface area contributed by atoms with E-state index in [4.69, 9.17) is 0 Å². The van der Waals surface area contributed by atoms with Crippen LogP contribution in [-0.4, -0.2) is 26.9 Å². The van der Waals surface area contributed by atoms with E-state index < -0.39 is 11.6 Å². The number of amides is 2. The molecule has 0 fully saturated rings. The van der Waals surface area contributed by atoms with Gasteiger partial charge in [-0.1, -0.05) is 46.4 Å². The van der Waals surface area contributed by atoms with Crippen molar-refractivity contribution >= 4 is 29.0 Å². The fourth-order valence-electron chi connectivity index (χ4n) is 3.15. The number of nitrogens with zero attached hydrogens (tertiary/aromatic N) is 3. The van der Waals surface area contributed by atoms with Crippen LogP contribution in [0.2, 0.25) is 0 Å². The Hall–Kier alpha value is -3.06. The highest BCUT2D eigenvalue weighted by Gasteiger charge is 2.35. The molecule has 6 nitrogen and oxygen atoms in total. The highest BCUT2D eigenvalue weighted by atomic mass is 32.1. The molecule has 0 radical (unpaired) electrons. The van der Waals surface area contributed by atoms with E-state index in [1.165, 1.54) is 4.90 Å². The van der Waals surface area contributed by atoms with E-state index in [2.05, 4.69) is 14.9 Å². The van der Waals surface area contributed by atoms with Crippen molar-refractivity contribution in [3.63, 3.8) is 0 Å². The van der Waals surface area contributed by atoms with E-state index in [0.717, 1.165) is 28.2 Å². The molecular formula is C23H26N4O2S. The van der Waals surface area contributed by atoms with Crippen LogP contribution in [-0.2, 0) is 4.79 Å². The minimum absolute atomic E-state index is 0.210. The van der Waals surface area contributed by atoms with Gasteiger partial charge in [-0.15, -0.1) is 5.10 Å². The molecule has 7 heteroatoms. The predicted octanol–water partition coefficient (Wildman–Crippen LogP) is 4.46. The lowest BCUT2D eigenvalue weighted by atomic mass is 9.99. The van der Waals surface area contributed by atoms with Crippen molar-refractivity contribution in [1.82, 2.24) is 14.9 Å². The summed E-state index contributed by atoms with van der Waals surface area (Å²) in [6.07, 6.45) is 0. The fraction of sp³-hybridized carbons (Fsp3) is 0.304. The summed E-state index contributed by atoms with van der Waals surface area (Å²) in [5.74, 6) is -0.631. The molecule has 1 N–H and O–H groups in total. The van der Waals surface area contributed by atoms with E-state index in [-0.39, 0.29) is 17.5 Å². The summed E-state index contributed by atoms with van der Waals surface area (Å²) in [5.41, 5.74) is 3.17. The lowest BCUT2D eigenvalue weighted by Crippen LogP contribution is -2.49. The molecule has 1 unspecified atom stereocenters. The monoisotopic (exact) mass is 422 g/mol. The van der Waals surface area contributed by atoms with E-state index in [9.17, 15) is 9.59 Å². The lowest BCUT2D eigenvalue weighted by molar-refractivity contribution is -0.123. The Kier molecular flexibility index (Phi) is 6.31. The van der Waals surface area contributed by atoms with Crippen molar-refractivity contribution in [2.24, 2.45) is 0 Å². The van der Waals surface area contributed by atoms with Crippen LogP contribution < -0.4 is 10.2 Å². The van der Waals surface area contributed by atoms with Gasteiger partial charge in [-0.3, -0.25) is 14.5 Å². The number of hydrogen-bond donors (Lipinski definition) is 1. The Morgan fingerprint density at radius 2 is 1.73 bits per heavy atom. The molecule has 3 aromatic rings. The SMILES string of the molecule is Cc1ccc(C(C(=O)NC(C)(C)C)N(C(=O)c2csnn2)c2cccc(C)c2)cc1. The second-order valence-electron chi connectivity index (χ2n) is 8.36. The second-order valence-corrected chi connectivity index (χ2v) is 8.97. The van der Waals surface area contributed by atoms with Crippen LogP contribution in [0, 0.1) is 13.8 Å². The Morgan fingerprint density at radius 3 is 2.30 bits per heavy atom. The Balaban J connectivity index is 2.18. The van der Waals surface area contributed by atoms with Gasteiger partial charge in [0.15, 0.2) is 5.69 Å². The highest BCUT2D eigenvalue weighted by Crippen LogP contribution is 2.31. The number of aryl methyl sites for hydroxylation is 2.